The molecule has 1 fully saturated rings. The van der Waals surface area contributed by atoms with Crippen molar-refractivity contribution in [1.29, 1.82) is 0 Å². The molecule has 0 aromatic heterocycles. The van der Waals surface area contributed by atoms with E-state index in [1.54, 1.807) is 19.1 Å². The second kappa shape index (κ2) is 6.57. The number of hydroxylamine groups is 4. The number of rotatable bonds is 3. The van der Waals surface area contributed by atoms with Crippen LogP contribution in [0.15, 0.2) is 17.9 Å². The Morgan fingerprint density at radius 1 is 1.24 bits per heavy atom. The number of benzene rings is 1. The maximum atomic E-state index is 14.5. The van der Waals surface area contributed by atoms with Crippen LogP contribution in [0.4, 0.5) is 4.39 Å². The second-order valence-corrected chi connectivity index (χ2v) is 6.58. The number of aliphatic hydroxyl groups is 1. The molecule has 0 aliphatic carbocycles. The summed E-state index contributed by atoms with van der Waals surface area (Å²) in [7, 11) is 2.92. The highest BCUT2D eigenvalue weighted by Crippen LogP contribution is 2.47. The first kappa shape index (κ1) is 18.1. The molecule has 6 nitrogen and oxygen atoms in total. The van der Waals surface area contributed by atoms with Crippen LogP contribution in [0.5, 0.6) is 0 Å². The van der Waals surface area contributed by atoms with Crippen molar-refractivity contribution in [2.45, 2.75) is 25.3 Å². The monoisotopic (exact) mass is 370 g/mol. The van der Waals surface area contributed by atoms with Gasteiger partial charge in [-0.3, -0.25) is 9.63 Å². The van der Waals surface area contributed by atoms with E-state index in [-0.39, 0.29) is 21.9 Å². The minimum atomic E-state index is -1.05. The summed E-state index contributed by atoms with van der Waals surface area (Å²) in [6, 6.07) is 2.76. The Hall–Kier alpha value is -1.67. The Morgan fingerprint density at radius 2 is 1.88 bits per heavy atom. The lowest BCUT2D eigenvalue weighted by molar-refractivity contribution is -0.221. The van der Waals surface area contributed by atoms with E-state index >= 15 is 0 Å². The van der Waals surface area contributed by atoms with Gasteiger partial charge in [0.05, 0.1) is 24.8 Å². The normalized spacial score (nSPS) is 20.8. The van der Waals surface area contributed by atoms with Crippen LogP contribution in [-0.4, -0.2) is 54.0 Å². The maximum absolute atomic E-state index is 14.5. The van der Waals surface area contributed by atoms with Crippen molar-refractivity contribution in [2.24, 2.45) is 0 Å². The van der Waals surface area contributed by atoms with Crippen molar-refractivity contribution >= 4 is 23.1 Å². The van der Waals surface area contributed by atoms with Gasteiger partial charge >= 0.3 is 0 Å². The van der Waals surface area contributed by atoms with Gasteiger partial charge < -0.3 is 9.94 Å². The largest absolute Gasteiger partial charge is 0.509 e. The van der Waals surface area contributed by atoms with Crippen LogP contribution >= 0.6 is 11.6 Å². The first-order chi connectivity index (χ1) is 11.9. The molecular formula is C17H20ClFN2O4. The van der Waals surface area contributed by atoms with Gasteiger partial charge in [-0.1, -0.05) is 17.7 Å². The Labute approximate surface area is 150 Å². The molecule has 1 saturated heterocycles. The average molecular weight is 371 g/mol. The van der Waals surface area contributed by atoms with Gasteiger partial charge in [-0.15, -0.1) is 0 Å². The average Bonchev–Trinajstić information content (AvgIpc) is 2.80. The standard InChI is InChI=1S/C17H20ClFN2O4/c1-10-4-5-11(19)12(14(10)18)13-15(22)17(21(25-3)16(13)23)6-8-20(24-2)9-7-17/h4-5,22H,6-9H2,1-3H3. The molecule has 0 radical (unpaired) electrons. The highest BCUT2D eigenvalue weighted by atomic mass is 35.5. The molecule has 8 heteroatoms. The highest BCUT2D eigenvalue weighted by Gasteiger charge is 2.55. The Balaban J connectivity index is 2.14. The van der Waals surface area contributed by atoms with Crippen LogP contribution in [0.3, 0.4) is 0 Å². The SMILES string of the molecule is CON1CCC2(CC1)C(O)=C(c1c(F)ccc(C)c1Cl)C(=O)N2OC. The van der Waals surface area contributed by atoms with E-state index in [1.165, 1.54) is 19.2 Å². The number of carbonyl (C=O) groups is 1. The van der Waals surface area contributed by atoms with Crippen molar-refractivity contribution in [1.82, 2.24) is 10.1 Å². The Morgan fingerprint density at radius 3 is 2.44 bits per heavy atom. The number of hydrogen-bond donors (Lipinski definition) is 1. The van der Waals surface area contributed by atoms with Gasteiger partial charge in [0.2, 0.25) is 0 Å². The summed E-state index contributed by atoms with van der Waals surface area (Å²) >= 11 is 6.25. The molecule has 2 aliphatic rings. The molecule has 1 aromatic carbocycles. The molecule has 0 unspecified atom stereocenters. The van der Waals surface area contributed by atoms with Crippen LogP contribution in [0.2, 0.25) is 5.02 Å². The van der Waals surface area contributed by atoms with Gasteiger partial charge in [0.1, 0.15) is 17.1 Å². The second-order valence-electron chi connectivity index (χ2n) is 6.20. The number of halogens is 2. The first-order valence-electron chi connectivity index (χ1n) is 7.93. The lowest BCUT2D eigenvalue weighted by Gasteiger charge is -2.42. The molecule has 2 aliphatic heterocycles. The van der Waals surface area contributed by atoms with Crippen LogP contribution in [-0.2, 0) is 14.5 Å². The van der Waals surface area contributed by atoms with E-state index in [9.17, 15) is 14.3 Å². The summed E-state index contributed by atoms with van der Waals surface area (Å²) in [4.78, 5) is 23.4. The fraction of sp³-hybridized carbons (Fsp3) is 0.471. The number of aliphatic hydroxyl groups excluding tert-OH is 1. The Bertz CT molecular complexity index is 744. The third kappa shape index (κ3) is 2.62. The van der Waals surface area contributed by atoms with E-state index in [1.807, 2.05) is 0 Å². The summed E-state index contributed by atoms with van der Waals surface area (Å²) in [5.74, 6) is -1.47. The van der Waals surface area contributed by atoms with E-state index < -0.39 is 17.3 Å². The molecule has 0 saturated carbocycles. The molecule has 0 bridgehead atoms. The van der Waals surface area contributed by atoms with Gasteiger partial charge in [-0.25, -0.2) is 9.45 Å². The number of nitrogens with zero attached hydrogens (tertiary/aromatic N) is 2. The molecular weight excluding hydrogens is 351 g/mol. The van der Waals surface area contributed by atoms with E-state index in [4.69, 9.17) is 21.3 Å². The Kier molecular flexibility index (Phi) is 4.76. The highest BCUT2D eigenvalue weighted by molar-refractivity contribution is 6.36. The molecule has 1 N–H and O–H groups in total. The fourth-order valence-corrected chi connectivity index (χ4v) is 3.82. The van der Waals surface area contributed by atoms with Gasteiger partial charge in [-0.05, 0) is 31.4 Å². The van der Waals surface area contributed by atoms with Gasteiger partial charge in [-0.2, -0.15) is 5.06 Å². The summed E-state index contributed by atoms with van der Waals surface area (Å²) in [6.07, 6.45) is 0.779. The number of carbonyl (C=O) groups excluding carboxylic acids is 1. The lowest BCUT2D eigenvalue weighted by atomic mass is 9.86. The lowest BCUT2D eigenvalue weighted by Crippen LogP contribution is -2.54. The zero-order chi connectivity index (χ0) is 18.4. The number of hydrogen-bond acceptors (Lipinski definition) is 5. The maximum Gasteiger partial charge on any atom is 0.282 e. The molecule has 0 atom stereocenters. The van der Waals surface area contributed by atoms with Gasteiger partial charge in [0, 0.05) is 18.7 Å². The minimum absolute atomic E-state index is 0.0859. The molecule has 1 amide bonds. The van der Waals surface area contributed by atoms with Crippen LogP contribution in [0, 0.1) is 12.7 Å². The number of piperidine rings is 1. The molecule has 3 rings (SSSR count). The van der Waals surface area contributed by atoms with E-state index in [2.05, 4.69) is 0 Å². The summed E-state index contributed by atoms with van der Waals surface area (Å²) in [5, 5.41) is 13.9. The summed E-state index contributed by atoms with van der Waals surface area (Å²) in [5.41, 5.74) is -0.656. The minimum Gasteiger partial charge on any atom is -0.509 e. The number of amides is 1. The van der Waals surface area contributed by atoms with Gasteiger partial charge in [0.15, 0.2) is 0 Å². The topological polar surface area (TPSA) is 62.2 Å². The third-order valence-corrected chi connectivity index (χ3v) is 5.48. The zero-order valence-corrected chi connectivity index (χ0v) is 15.1. The molecule has 2 heterocycles. The van der Waals surface area contributed by atoms with Gasteiger partial charge in [0.25, 0.3) is 5.91 Å². The first-order valence-corrected chi connectivity index (χ1v) is 8.31. The van der Waals surface area contributed by atoms with Crippen LogP contribution in [0.1, 0.15) is 24.0 Å². The quantitative estimate of drug-likeness (QED) is 0.886. The zero-order valence-electron chi connectivity index (χ0n) is 14.3. The predicted octanol–water partition coefficient (Wildman–Crippen LogP) is 2.86. The predicted molar refractivity (Wildman–Crippen MR) is 90.1 cm³/mol. The molecule has 1 spiro atoms. The van der Waals surface area contributed by atoms with E-state index in [0.717, 1.165) is 5.06 Å². The summed E-state index contributed by atoms with van der Waals surface area (Å²) in [6.45, 7) is 2.69. The summed E-state index contributed by atoms with van der Waals surface area (Å²) < 4.78 is 14.5. The smallest absolute Gasteiger partial charge is 0.282 e. The fourth-order valence-electron chi connectivity index (χ4n) is 3.57. The van der Waals surface area contributed by atoms with Crippen molar-refractivity contribution in [3.63, 3.8) is 0 Å². The van der Waals surface area contributed by atoms with E-state index in [0.29, 0.717) is 31.5 Å². The van der Waals surface area contributed by atoms with Crippen molar-refractivity contribution in [2.75, 3.05) is 27.3 Å². The van der Waals surface area contributed by atoms with Crippen molar-refractivity contribution in [3.05, 3.63) is 39.9 Å². The number of aryl methyl sites for hydroxylation is 1. The van der Waals surface area contributed by atoms with Crippen molar-refractivity contribution in [3.8, 4) is 0 Å². The molecule has 1 aromatic rings. The molecule has 25 heavy (non-hydrogen) atoms. The van der Waals surface area contributed by atoms with Crippen LogP contribution in [0.25, 0.3) is 5.57 Å². The third-order valence-electron chi connectivity index (χ3n) is 4.99. The van der Waals surface area contributed by atoms with Crippen molar-refractivity contribution < 1.29 is 24.0 Å². The molecule has 136 valence electrons. The van der Waals surface area contributed by atoms with Crippen LogP contribution < -0.4 is 0 Å².